The van der Waals surface area contributed by atoms with Gasteiger partial charge in [-0.25, -0.2) is 0 Å². The Kier molecular flexibility index (Phi) is 6.57. The number of nitrogens with one attached hydrogen (secondary N) is 1. The van der Waals surface area contributed by atoms with Crippen molar-refractivity contribution >= 4 is 0 Å². The van der Waals surface area contributed by atoms with Gasteiger partial charge in [-0.15, -0.1) is 0 Å². The number of ether oxygens (including phenoxy) is 1. The average molecular weight is 159 g/mol. The molecule has 1 N–H and O–H groups in total. The molecule has 0 amide bonds. The molecule has 0 saturated carbocycles. The summed E-state index contributed by atoms with van der Waals surface area (Å²) in [4.78, 5) is 0. The van der Waals surface area contributed by atoms with E-state index in [9.17, 15) is 0 Å². The second kappa shape index (κ2) is 6.62. The van der Waals surface area contributed by atoms with Crippen LogP contribution in [-0.2, 0) is 4.74 Å². The van der Waals surface area contributed by atoms with Gasteiger partial charge in [-0.3, -0.25) is 0 Å². The topological polar surface area (TPSA) is 21.3 Å². The summed E-state index contributed by atoms with van der Waals surface area (Å²) in [7, 11) is 1.75. The molecule has 0 bridgehead atoms. The summed E-state index contributed by atoms with van der Waals surface area (Å²) >= 11 is 0. The van der Waals surface area contributed by atoms with Gasteiger partial charge >= 0.3 is 0 Å². The predicted molar refractivity (Wildman–Crippen MR) is 48.8 cm³/mol. The van der Waals surface area contributed by atoms with Crippen LogP contribution in [0, 0.1) is 0 Å². The molecule has 0 rings (SSSR count). The molecule has 0 aliphatic rings. The molecule has 0 aromatic carbocycles. The zero-order chi connectivity index (χ0) is 8.69. The Bertz CT molecular complexity index is 77.6. The maximum Gasteiger partial charge on any atom is 0.0615 e. The van der Waals surface area contributed by atoms with Gasteiger partial charge in [0.25, 0.3) is 0 Å². The SMILES string of the molecule is CCCC(COC)NC(C)C. The standard InChI is InChI=1S/C9H21NO/c1-5-6-9(7-11-4)10-8(2)3/h8-10H,5-7H2,1-4H3. The third-order valence-corrected chi connectivity index (χ3v) is 1.57. The smallest absolute Gasteiger partial charge is 0.0615 e. The molecule has 1 atom stereocenters. The summed E-state index contributed by atoms with van der Waals surface area (Å²) in [6.45, 7) is 7.35. The third kappa shape index (κ3) is 6.32. The van der Waals surface area contributed by atoms with Gasteiger partial charge in [-0.05, 0) is 6.42 Å². The molecule has 0 saturated heterocycles. The highest BCUT2D eigenvalue weighted by Gasteiger charge is 2.06. The molecule has 2 nitrogen and oxygen atoms in total. The molecule has 68 valence electrons. The van der Waals surface area contributed by atoms with E-state index in [1.54, 1.807) is 7.11 Å². The van der Waals surface area contributed by atoms with Crippen LogP contribution in [0.2, 0.25) is 0 Å². The first kappa shape index (κ1) is 10.9. The molecule has 0 aliphatic carbocycles. The van der Waals surface area contributed by atoms with Crippen molar-refractivity contribution in [2.24, 2.45) is 0 Å². The fraction of sp³-hybridized carbons (Fsp3) is 1.00. The molecule has 0 aromatic heterocycles. The highest BCUT2D eigenvalue weighted by atomic mass is 16.5. The number of hydrogen-bond acceptors (Lipinski definition) is 2. The molecular formula is C9H21NO. The fourth-order valence-electron chi connectivity index (χ4n) is 1.24. The van der Waals surface area contributed by atoms with E-state index in [0.29, 0.717) is 12.1 Å². The average Bonchev–Trinajstić information content (AvgIpc) is 1.87. The van der Waals surface area contributed by atoms with Crippen molar-refractivity contribution in [2.75, 3.05) is 13.7 Å². The molecule has 2 heteroatoms. The summed E-state index contributed by atoms with van der Waals surface area (Å²) in [5.41, 5.74) is 0. The molecule has 11 heavy (non-hydrogen) atoms. The van der Waals surface area contributed by atoms with Gasteiger partial charge in [-0.1, -0.05) is 27.2 Å². The lowest BCUT2D eigenvalue weighted by Crippen LogP contribution is -2.37. The van der Waals surface area contributed by atoms with E-state index in [1.165, 1.54) is 12.8 Å². The maximum absolute atomic E-state index is 5.09. The summed E-state index contributed by atoms with van der Waals surface area (Å²) in [5, 5.41) is 3.46. The quantitative estimate of drug-likeness (QED) is 0.638. The summed E-state index contributed by atoms with van der Waals surface area (Å²) in [5.74, 6) is 0. The predicted octanol–water partition coefficient (Wildman–Crippen LogP) is 1.80. The molecule has 0 spiro atoms. The summed E-state index contributed by atoms with van der Waals surface area (Å²) in [6.07, 6.45) is 2.42. The number of methoxy groups -OCH3 is 1. The Morgan fingerprint density at radius 1 is 1.36 bits per heavy atom. The highest BCUT2D eigenvalue weighted by molar-refractivity contribution is 4.67. The van der Waals surface area contributed by atoms with Crippen LogP contribution in [0.5, 0.6) is 0 Å². The maximum atomic E-state index is 5.09. The van der Waals surface area contributed by atoms with Gasteiger partial charge in [0, 0.05) is 19.2 Å². The minimum atomic E-state index is 0.532. The van der Waals surface area contributed by atoms with Gasteiger partial charge in [0.2, 0.25) is 0 Å². The molecule has 0 aliphatic heterocycles. The molecule has 0 radical (unpaired) electrons. The summed E-state index contributed by atoms with van der Waals surface area (Å²) < 4.78 is 5.09. The minimum Gasteiger partial charge on any atom is -0.383 e. The molecule has 0 fully saturated rings. The van der Waals surface area contributed by atoms with Crippen molar-refractivity contribution in [3.05, 3.63) is 0 Å². The van der Waals surface area contributed by atoms with Crippen molar-refractivity contribution in [2.45, 2.75) is 45.7 Å². The Labute approximate surface area is 70.3 Å². The minimum absolute atomic E-state index is 0.532. The van der Waals surface area contributed by atoms with E-state index in [0.717, 1.165) is 6.61 Å². The van der Waals surface area contributed by atoms with Gasteiger partial charge in [0.15, 0.2) is 0 Å². The molecule has 0 heterocycles. The highest BCUT2D eigenvalue weighted by Crippen LogP contribution is 1.98. The van der Waals surface area contributed by atoms with Crippen molar-refractivity contribution < 1.29 is 4.74 Å². The van der Waals surface area contributed by atoms with Crippen LogP contribution < -0.4 is 5.32 Å². The van der Waals surface area contributed by atoms with Crippen LogP contribution in [0.3, 0.4) is 0 Å². The Hall–Kier alpha value is -0.0800. The van der Waals surface area contributed by atoms with Crippen LogP contribution in [0.4, 0.5) is 0 Å². The van der Waals surface area contributed by atoms with Gasteiger partial charge in [-0.2, -0.15) is 0 Å². The largest absolute Gasteiger partial charge is 0.383 e. The molecular weight excluding hydrogens is 138 g/mol. The Morgan fingerprint density at radius 2 is 2.00 bits per heavy atom. The zero-order valence-electron chi connectivity index (χ0n) is 8.18. The lowest BCUT2D eigenvalue weighted by molar-refractivity contribution is 0.158. The normalized spacial score (nSPS) is 13.9. The lowest BCUT2D eigenvalue weighted by Gasteiger charge is -2.19. The Balaban J connectivity index is 3.50. The van der Waals surface area contributed by atoms with E-state index in [4.69, 9.17) is 4.74 Å². The van der Waals surface area contributed by atoms with Crippen molar-refractivity contribution in [3.63, 3.8) is 0 Å². The molecule has 0 aromatic rings. The lowest BCUT2D eigenvalue weighted by atomic mass is 10.1. The van der Waals surface area contributed by atoms with Crippen LogP contribution >= 0.6 is 0 Å². The van der Waals surface area contributed by atoms with Crippen LogP contribution in [-0.4, -0.2) is 25.8 Å². The second-order valence-corrected chi connectivity index (χ2v) is 3.26. The first-order valence-corrected chi connectivity index (χ1v) is 4.45. The van der Waals surface area contributed by atoms with Gasteiger partial charge in [0.05, 0.1) is 6.61 Å². The van der Waals surface area contributed by atoms with E-state index in [-0.39, 0.29) is 0 Å². The third-order valence-electron chi connectivity index (χ3n) is 1.57. The van der Waals surface area contributed by atoms with E-state index in [2.05, 4.69) is 26.1 Å². The van der Waals surface area contributed by atoms with E-state index >= 15 is 0 Å². The second-order valence-electron chi connectivity index (χ2n) is 3.26. The van der Waals surface area contributed by atoms with Crippen LogP contribution in [0.25, 0.3) is 0 Å². The number of hydrogen-bond donors (Lipinski definition) is 1. The van der Waals surface area contributed by atoms with Crippen molar-refractivity contribution in [1.82, 2.24) is 5.32 Å². The van der Waals surface area contributed by atoms with Gasteiger partial charge < -0.3 is 10.1 Å². The first-order valence-electron chi connectivity index (χ1n) is 4.45. The first-order chi connectivity index (χ1) is 5.20. The van der Waals surface area contributed by atoms with Crippen LogP contribution in [0.1, 0.15) is 33.6 Å². The van der Waals surface area contributed by atoms with Crippen molar-refractivity contribution in [1.29, 1.82) is 0 Å². The molecule has 1 unspecified atom stereocenters. The van der Waals surface area contributed by atoms with E-state index in [1.807, 2.05) is 0 Å². The van der Waals surface area contributed by atoms with E-state index < -0.39 is 0 Å². The Morgan fingerprint density at radius 3 is 2.36 bits per heavy atom. The monoisotopic (exact) mass is 159 g/mol. The zero-order valence-corrected chi connectivity index (χ0v) is 8.18. The van der Waals surface area contributed by atoms with Crippen molar-refractivity contribution in [3.8, 4) is 0 Å². The number of rotatable bonds is 6. The summed E-state index contributed by atoms with van der Waals surface area (Å²) in [6, 6.07) is 1.09. The fourth-order valence-corrected chi connectivity index (χ4v) is 1.24. The van der Waals surface area contributed by atoms with Crippen LogP contribution in [0.15, 0.2) is 0 Å². The van der Waals surface area contributed by atoms with Gasteiger partial charge in [0.1, 0.15) is 0 Å².